The van der Waals surface area contributed by atoms with Crippen molar-refractivity contribution in [2.75, 3.05) is 6.54 Å². The molecule has 0 bridgehead atoms. The normalized spacial score (nSPS) is 19.9. The van der Waals surface area contributed by atoms with Gasteiger partial charge in [0.05, 0.1) is 12.6 Å². The summed E-state index contributed by atoms with van der Waals surface area (Å²) < 4.78 is 0. The lowest BCUT2D eigenvalue weighted by Crippen LogP contribution is -2.44. The average molecular weight is 272 g/mol. The number of carbonyl (C=O) groups is 1. The minimum atomic E-state index is -1.13. The lowest BCUT2D eigenvalue weighted by molar-refractivity contribution is -0.129. The maximum absolute atomic E-state index is 12.2. The summed E-state index contributed by atoms with van der Waals surface area (Å²) in [5, 5.41) is 22.4. The van der Waals surface area contributed by atoms with Crippen molar-refractivity contribution in [2.45, 2.75) is 38.2 Å². The minimum absolute atomic E-state index is 0.110. The molecule has 106 valence electrons. The van der Waals surface area contributed by atoms with Crippen LogP contribution in [0.1, 0.15) is 38.2 Å². The molecule has 0 aromatic heterocycles. The van der Waals surface area contributed by atoms with E-state index in [1.165, 1.54) is 0 Å². The molecule has 0 heterocycles. The Hall–Kier alpha value is -1.86. The summed E-state index contributed by atoms with van der Waals surface area (Å²) in [6, 6.07) is 11.4. The molecule has 1 aromatic carbocycles. The second-order valence-corrected chi connectivity index (χ2v) is 5.72. The highest BCUT2D eigenvalue weighted by Gasteiger charge is 2.42. The summed E-state index contributed by atoms with van der Waals surface area (Å²) in [5.41, 5.74) is -1.28. The van der Waals surface area contributed by atoms with E-state index < -0.39 is 11.0 Å². The molecule has 2 rings (SSSR count). The molecule has 0 radical (unpaired) electrons. The molecule has 0 spiro atoms. The number of rotatable bonds is 4. The van der Waals surface area contributed by atoms with Crippen molar-refractivity contribution in [1.82, 2.24) is 5.32 Å². The van der Waals surface area contributed by atoms with Crippen LogP contribution in [-0.2, 0) is 10.4 Å². The van der Waals surface area contributed by atoms with E-state index >= 15 is 0 Å². The standard InChI is InChI=1S/C16H20N2O2/c1-15(20,13-7-3-2-4-8-13)12-18-14(19)16(11-17)9-5-6-10-16/h2-4,7-8,20H,5-6,9-10,12H2,1H3,(H,18,19). The second kappa shape index (κ2) is 5.64. The van der Waals surface area contributed by atoms with Crippen LogP contribution in [0.2, 0.25) is 0 Å². The second-order valence-electron chi connectivity index (χ2n) is 5.72. The van der Waals surface area contributed by atoms with Crippen molar-refractivity contribution in [3.8, 4) is 6.07 Å². The molecular weight excluding hydrogens is 252 g/mol. The van der Waals surface area contributed by atoms with E-state index in [4.69, 9.17) is 0 Å². The maximum Gasteiger partial charge on any atom is 0.240 e. The van der Waals surface area contributed by atoms with Gasteiger partial charge in [-0.2, -0.15) is 5.26 Å². The highest BCUT2D eigenvalue weighted by Crippen LogP contribution is 2.37. The first kappa shape index (κ1) is 14.5. The van der Waals surface area contributed by atoms with Crippen molar-refractivity contribution in [2.24, 2.45) is 5.41 Å². The lowest BCUT2D eigenvalue weighted by Gasteiger charge is -2.27. The summed E-state index contributed by atoms with van der Waals surface area (Å²) in [6.07, 6.45) is 3.05. The van der Waals surface area contributed by atoms with Gasteiger partial charge in [-0.05, 0) is 25.3 Å². The number of hydrogen-bond acceptors (Lipinski definition) is 3. The zero-order valence-corrected chi connectivity index (χ0v) is 11.7. The molecule has 1 aliphatic rings. The molecule has 4 heteroatoms. The number of carbonyl (C=O) groups excluding carboxylic acids is 1. The Labute approximate surface area is 119 Å². The SMILES string of the molecule is CC(O)(CNC(=O)C1(C#N)CCCC1)c1ccccc1. The van der Waals surface area contributed by atoms with Gasteiger partial charge in [-0.25, -0.2) is 0 Å². The molecule has 1 amide bonds. The molecule has 1 aromatic rings. The predicted molar refractivity (Wildman–Crippen MR) is 75.5 cm³/mol. The summed E-state index contributed by atoms with van der Waals surface area (Å²) in [5.74, 6) is -0.256. The van der Waals surface area contributed by atoms with E-state index in [-0.39, 0.29) is 12.5 Å². The van der Waals surface area contributed by atoms with E-state index in [0.29, 0.717) is 12.8 Å². The quantitative estimate of drug-likeness (QED) is 0.881. The van der Waals surface area contributed by atoms with Gasteiger partial charge in [0, 0.05) is 0 Å². The van der Waals surface area contributed by atoms with Crippen LogP contribution in [-0.4, -0.2) is 17.6 Å². The molecule has 1 atom stereocenters. The zero-order chi connectivity index (χ0) is 14.6. The Balaban J connectivity index is 2.02. The third kappa shape index (κ3) is 2.83. The number of nitriles is 1. The summed E-state index contributed by atoms with van der Waals surface area (Å²) in [6.45, 7) is 1.77. The van der Waals surface area contributed by atoms with E-state index in [0.717, 1.165) is 18.4 Å². The first-order valence-corrected chi connectivity index (χ1v) is 6.98. The topological polar surface area (TPSA) is 73.1 Å². The number of nitrogens with one attached hydrogen (secondary N) is 1. The maximum atomic E-state index is 12.2. The number of benzene rings is 1. The van der Waals surface area contributed by atoms with Gasteiger partial charge in [0.15, 0.2) is 0 Å². The Bertz CT molecular complexity index is 511. The van der Waals surface area contributed by atoms with Gasteiger partial charge >= 0.3 is 0 Å². The van der Waals surface area contributed by atoms with Crippen molar-refractivity contribution in [3.63, 3.8) is 0 Å². The lowest BCUT2D eigenvalue weighted by atomic mass is 9.86. The highest BCUT2D eigenvalue weighted by molar-refractivity contribution is 5.85. The number of amides is 1. The van der Waals surface area contributed by atoms with Gasteiger partial charge in [0.2, 0.25) is 5.91 Å². The fourth-order valence-corrected chi connectivity index (χ4v) is 2.69. The highest BCUT2D eigenvalue weighted by atomic mass is 16.3. The van der Waals surface area contributed by atoms with E-state index in [1.807, 2.05) is 30.3 Å². The van der Waals surface area contributed by atoms with Crippen LogP contribution in [0.4, 0.5) is 0 Å². The first-order chi connectivity index (χ1) is 9.50. The van der Waals surface area contributed by atoms with Crippen molar-refractivity contribution in [3.05, 3.63) is 35.9 Å². The molecule has 0 saturated heterocycles. The molecule has 1 fully saturated rings. The number of nitrogens with zero attached hydrogens (tertiary/aromatic N) is 1. The first-order valence-electron chi connectivity index (χ1n) is 6.98. The van der Waals surface area contributed by atoms with Crippen molar-refractivity contribution in [1.29, 1.82) is 5.26 Å². The molecule has 1 saturated carbocycles. The Morgan fingerprint density at radius 2 is 2.00 bits per heavy atom. The molecule has 2 N–H and O–H groups in total. The Morgan fingerprint density at radius 3 is 2.55 bits per heavy atom. The summed E-state index contributed by atoms with van der Waals surface area (Å²) in [4.78, 5) is 12.2. The minimum Gasteiger partial charge on any atom is -0.384 e. The van der Waals surface area contributed by atoms with Crippen LogP contribution in [0, 0.1) is 16.7 Å². The van der Waals surface area contributed by atoms with Crippen LogP contribution in [0.25, 0.3) is 0 Å². The molecular formula is C16H20N2O2. The zero-order valence-electron chi connectivity index (χ0n) is 11.7. The monoisotopic (exact) mass is 272 g/mol. The third-order valence-electron chi connectivity index (χ3n) is 4.09. The fourth-order valence-electron chi connectivity index (χ4n) is 2.69. The molecule has 4 nitrogen and oxygen atoms in total. The summed E-state index contributed by atoms with van der Waals surface area (Å²) in [7, 11) is 0. The number of hydrogen-bond donors (Lipinski definition) is 2. The average Bonchev–Trinajstić information content (AvgIpc) is 2.96. The third-order valence-corrected chi connectivity index (χ3v) is 4.09. The van der Waals surface area contributed by atoms with Crippen LogP contribution >= 0.6 is 0 Å². The van der Waals surface area contributed by atoms with E-state index in [1.54, 1.807) is 6.92 Å². The van der Waals surface area contributed by atoms with Gasteiger partial charge in [0.25, 0.3) is 0 Å². The van der Waals surface area contributed by atoms with E-state index in [9.17, 15) is 15.2 Å². The molecule has 0 aliphatic heterocycles. The largest absolute Gasteiger partial charge is 0.384 e. The van der Waals surface area contributed by atoms with Gasteiger partial charge in [0.1, 0.15) is 11.0 Å². The van der Waals surface area contributed by atoms with Gasteiger partial charge in [-0.1, -0.05) is 43.2 Å². The van der Waals surface area contributed by atoms with Crippen LogP contribution in [0.15, 0.2) is 30.3 Å². The van der Waals surface area contributed by atoms with Crippen molar-refractivity contribution >= 4 is 5.91 Å². The summed E-state index contributed by atoms with van der Waals surface area (Å²) >= 11 is 0. The molecule has 20 heavy (non-hydrogen) atoms. The molecule has 1 aliphatic carbocycles. The number of aliphatic hydroxyl groups is 1. The van der Waals surface area contributed by atoms with Crippen LogP contribution < -0.4 is 5.32 Å². The smallest absolute Gasteiger partial charge is 0.240 e. The molecule has 1 unspecified atom stereocenters. The van der Waals surface area contributed by atoms with Crippen molar-refractivity contribution < 1.29 is 9.90 Å². The van der Waals surface area contributed by atoms with Gasteiger partial charge in [-0.3, -0.25) is 4.79 Å². The fraction of sp³-hybridized carbons (Fsp3) is 0.500. The van der Waals surface area contributed by atoms with Gasteiger partial charge in [-0.15, -0.1) is 0 Å². The Kier molecular flexibility index (Phi) is 4.10. The van der Waals surface area contributed by atoms with Crippen LogP contribution in [0.5, 0.6) is 0 Å². The predicted octanol–water partition coefficient (Wildman–Crippen LogP) is 2.09. The van der Waals surface area contributed by atoms with Crippen LogP contribution in [0.3, 0.4) is 0 Å². The van der Waals surface area contributed by atoms with Gasteiger partial charge < -0.3 is 10.4 Å². The Morgan fingerprint density at radius 1 is 1.40 bits per heavy atom. The van der Waals surface area contributed by atoms with E-state index in [2.05, 4.69) is 11.4 Å².